The SMILES string of the molecule is Cc1ccc(NC(=O)C2CC(=O)N(C)C(=Nc3ccc(Cl)c(C(F)(F)F)c3)S2)cc1Cl. The second kappa shape index (κ2) is 9.10. The molecule has 1 atom stereocenters. The summed E-state index contributed by atoms with van der Waals surface area (Å²) in [5, 5.41) is 2.03. The van der Waals surface area contributed by atoms with Crippen LogP contribution < -0.4 is 5.32 Å². The van der Waals surface area contributed by atoms with Crippen LogP contribution >= 0.6 is 35.0 Å². The van der Waals surface area contributed by atoms with Crippen LogP contribution in [-0.4, -0.2) is 34.2 Å². The molecule has 1 aliphatic heterocycles. The summed E-state index contributed by atoms with van der Waals surface area (Å²) in [7, 11) is 1.45. The van der Waals surface area contributed by atoms with Gasteiger partial charge in [-0.2, -0.15) is 13.2 Å². The second-order valence-corrected chi connectivity index (χ2v) is 8.76. The van der Waals surface area contributed by atoms with Gasteiger partial charge in [0.15, 0.2) is 5.17 Å². The summed E-state index contributed by atoms with van der Waals surface area (Å²) >= 11 is 12.7. The number of amidine groups is 1. The Balaban J connectivity index is 1.84. The Kier molecular flexibility index (Phi) is 6.88. The Morgan fingerprint density at radius 1 is 1.19 bits per heavy atom. The van der Waals surface area contributed by atoms with Gasteiger partial charge >= 0.3 is 6.18 Å². The van der Waals surface area contributed by atoms with Crippen molar-refractivity contribution in [3.63, 3.8) is 0 Å². The Morgan fingerprint density at radius 2 is 1.90 bits per heavy atom. The van der Waals surface area contributed by atoms with E-state index in [-0.39, 0.29) is 23.2 Å². The number of halogens is 5. The number of aryl methyl sites for hydroxylation is 1. The number of thioether (sulfide) groups is 1. The molecule has 164 valence electrons. The number of rotatable bonds is 3. The van der Waals surface area contributed by atoms with Crippen LogP contribution in [0.15, 0.2) is 41.4 Å². The number of amides is 2. The number of nitrogens with zero attached hydrogens (tertiary/aromatic N) is 2. The average Bonchev–Trinajstić information content (AvgIpc) is 2.68. The number of aliphatic imine (C=N–C) groups is 1. The van der Waals surface area contributed by atoms with E-state index >= 15 is 0 Å². The predicted molar refractivity (Wildman–Crippen MR) is 117 cm³/mol. The molecule has 31 heavy (non-hydrogen) atoms. The van der Waals surface area contributed by atoms with E-state index in [4.69, 9.17) is 23.2 Å². The summed E-state index contributed by atoms with van der Waals surface area (Å²) in [6.45, 7) is 1.82. The monoisotopic (exact) mass is 489 g/mol. The molecule has 1 N–H and O–H groups in total. The molecule has 1 unspecified atom stereocenters. The zero-order valence-corrected chi connectivity index (χ0v) is 18.6. The standard InChI is InChI=1S/C20H16Cl2F3N3O2S/c1-10-3-4-12(8-15(10)22)26-18(30)16-9-17(29)28(2)19(31-16)27-11-5-6-14(21)13(7-11)20(23,24)25/h3-8,16H,9H2,1-2H3,(H,26,30). The number of hydrogen-bond donors (Lipinski definition) is 1. The lowest BCUT2D eigenvalue weighted by molar-refractivity contribution is -0.137. The molecule has 0 radical (unpaired) electrons. The van der Waals surface area contributed by atoms with E-state index in [0.717, 1.165) is 29.5 Å². The summed E-state index contributed by atoms with van der Waals surface area (Å²) < 4.78 is 39.3. The first-order valence-electron chi connectivity index (χ1n) is 8.91. The molecule has 5 nitrogen and oxygen atoms in total. The summed E-state index contributed by atoms with van der Waals surface area (Å²) in [4.78, 5) is 30.4. The molecule has 1 saturated heterocycles. The fourth-order valence-corrected chi connectivity index (χ4v) is 4.17. The maximum Gasteiger partial charge on any atom is 0.417 e. The first kappa shape index (κ1) is 23.4. The minimum Gasteiger partial charge on any atom is -0.325 e. The molecule has 0 spiro atoms. The van der Waals surface area contributed by atoms with Crippen molar-refractivity contribution in [2.24, 2.45) is 4.99 Å². The van der Waals surface area contributed by atoms with Gasteiger partial charge in [-0.05, 0) is 42.8 Å². The highest BCUT2D eigenvalue weighted by molar-refractivity contribution is 8.15. The minimum absolute atomic E-state index is 0.0368. The number of hydrogen-bond acceptors (Lipinski definition) is 4. The summed E-state index contributed by atoms with van der Waals surface area (Å²) in [5.41, 5.74) is 0.249. The summed E-state index contributed by atoms with van der Waals surface area (Å²) in [6, 6.07) is 8.22. The van der Waals surface area contributed by atoms with E-state index < -0.39 is 27.9 Å². The van der Waals surface area contributed by atoms with Crippen LogP contribution in [0.1, 0.15) is 17.5 Å². The van der Waals surface area contributed by atoms with Crippen LogP contribution in [0.4, 0.5) is 24.5 Å². The van der Waals surface area contributed by atoms with Crippen molar-refractivity contribution >= 4 is 63.3 Å². The second-order valence-electron chi connectivity index (χ2n) is 6.77. The normalized spacial score (nSPS) is 18.4. The number of benzene rings is 2. The zero-order chi connectivity index (χ0) is 22.9. The van der Waals surface area contributed by atoms with Crippen LogP contribution in [0.3, 0.4) is 0 Å². The Morgan fingerprint density at radius 3 is 2.55 bits per heavy atom. The van der Waals surface area contributed by atoms with Crippen molar-refractivity contribution in [2.45, 2.75) is 24.8 Å². The Bertz CT molecular complexity index is 1080. The number of nitrogens with one attached hydrogen (secondary N) is 1. The fraction of sp³-hybridized carbons (Fsp3) is 0.250. The molecule has 0 saturated carbocycles. The van der Waals surface area contributed by atoms with Crippen LogP contribution in [-0.2, 0) is 15.8 Å². The third-order valence-corrected chi connectivity index (χ3v) is 6.46. The number of alkyl halides is 3. The maximum atomic E-state index is 13.1. The molecule has 0 bridgehead atoms. The van der Waals surface area contributed by atoms with Gasteiger partial charge in [-0.25, -0.2) is 4.99 Å². The van der Waals surface area contributed by atoms with Crippen LogP contribution in [0.5, 0.6) is 0 Å². The van der Waals surface area contributed by atoms with Crippen LogP contribution in [0, 0.1) is 6.92 Å². The van der Waals surface area contributed by atoms with Crippen molar-refractivity contribution in [3.8, 4) is 0 Å². The fourth-order valence-electron chi connectivity index (χ4n) is 2.70. The van der Waals surface area contributed by atoms with Gasteiger partial charge in [0.05, 0.1) is 16.3 Å². The van der Waals surface area contributed by atoms with Crippen molar-refractivity contribution < 1.29 is 22.8 Å². The highest BCUT2D eigenvalue weighted by Crippen LogP contribution is 2.37. The first-order valence-corrected chi connectivity index (χ1v) is 10.5. The molecule has 3 rings (SSSR count). The van der Waals surface area contributed by atoms with Gasteiger partial charge in [0.1, 0.15) is 5.25 Å². The molecular weight excluding hydrogens is 474 g/mol. The van der Waals surface area contributed by atoms with Gasteiger partial charge in [-0.1, -0.05) is 41.0 Å². The van der Waals surface area contributed by atoms with Gasteiger partial charge in [-0.15, -0.1) is 0 Å². The lowest BCUT2D eigenvalue weighted by Crippen LogP contribution is -2.43. The summed E-state index contributed by atoms with van der Waals surface area (Å²) in [5.74, 6) is -0.823. The van der Waals surface area contributed by atoms with Crippen molar-refractivity contribution in [1.82, 2.24) is 4.90 Å². The highest BCUT2D eigenvalue weighted by atomic mass is 35.5. The molecule has 2 amide bonds. The molecule has 11 heteroatoms. The van der Waals surface area contributed by atoms with E-state index in [0.29, 0.717) is 10.7 Å². The molecule has 0 aliphatic carbocycles. The largest absolute Gasteiger partial charge is 0.417 e. The van der Waals surface area contributed by atoms with Gasteiger partial charge < -0.3 is 5.32 Å². The molecule has 2 aromatic carbocycles. The molecule has 1 fully saturated rings. The predicted octanol–water partition coefficient (Wildman–Crippen LogP) is 5.91. The topological polar surface area (TPSA) is 61.8 Å². The van der Waals surface area contributed by atoms with E-state index in [1.54, 1.807) is 18.2 Å². The molecule has 1 heterocycles. The Labute approximate surface area is 190 Å². The van der Waals surface area contributed by atoms with E-state index in [9.17, 15) is 22.8 Å². The van der Waals surface area contributed by atoms with E-state index in [1.807, 2.05) is 6.92 Å². The summed E-state index contributed by atoms with van der Waals surface area (Å²) in [6.07, 6.45) is -4.73. The lowest BCUT2D eigenvalue weighted by Gasteiger charge is -2.29. The van der Waals surface area contributed by atoms with E-state index in [2.05, 4.69) is 10.3 Å². The van der Waals surface area contributed by atoms with Gasteiger partial charge in [-0.3, -0.25) is 14.5 Å². The molecule has 0 aromatic heterocycles. The number of anilines is 1. The third kappa shape index (κ3) is 5.53. The van der Waals surface area contributed by atoms with Crippen molar-refractivity contribution in [1.29, 1.82) is 0 Å². The van der Waals surface area contributed by atoms with E-state index in [1.165, 1.54) is 18.0 Å². The maximum absolute atomic E-state index is 13.1. The van der Waals surface area contributed by atoms with Crippen LogP contribution in [0.25, 0.3) is 0 Å². The first-order chi connectivity index (χ1) is 14.5. The Hall–Kier alpha value is -2.23. The zero-order valence-electron chi connectivity index (χ0n) is 16.3. The average molecular weight is 490 g/mol. The lowest BCUT2D eigenvalue weighted by atomic mass is 10.2. The van der Waals surface area contributed by atoms with Gasteiger partial charge in [0.2, 0.25) is 11.8 Å². The number of carbonyl (C=O) groups is 2. The smallest absolute Gasteiger partial charge is 0.325 e. The third-order valence-electron chi connectivity index (χ3n) is 4.48. The van der Waals surface area contributed by atoms with Crippen molar-refractivity contribution in [3.05, 3.63) is 57.6 Å². The minimum atomic E-state index is -4.65. The quantitative estimate of drug-likeness (QED) is 0.582. The van der Waals surface area contributed by atoms with Crippen LogP contribution in [0.2, 0.25) is 10.0 Å². The van der Waals surface area contributed by atoms with Gasteiger partial charge in [0.25, 0.3) is 0 Å². The van der Waals surface area contributed by atoms with Crippen molar-refractivity contribution in [2.75, 3.05) is 12.4 Å². The van der Waals surface area contributed by atoms with Gasteiger partial charge in [0, 0.05) is 24.2 Å². The molecular formula is C20H16Cl2F3N3O2S. The highest BCUT2D eigenvalue weighted by Gasteiger charge is 2.35. The number of carbonyl (C=O) groups excluding carboxylic acids is 2. The molecule has 2 aromatic rings. The molecule has 1 aliphatic rings.